The lowest BCUT2D eigenvalue weighted by molar-refractivity contribution is 0.290. The Balaban J connectivity index is 0.759. The zero-order chi connectivity index (χ0) is 102. The molecule has 7 heterocycles. The summed E-state index contributed by atoms with van der Waals surface area (Å²) in [4.78, 5) is 19.7. The number of aryl methyl sites for hydroxylation is 3. The van der Waals surface area contributed by atoms with E-state index in [1.165, 1.54) is 441 Å². The molecule has 2 atom stereocenters. The first-order chi connectivity index (χ1) is 73.2. The van der Waals surface area contributed by atoms with E-state index in [0.717, 1.165) is 129 Å². The van der Waals surface area contributed by atoms with Crippen LogP contribution in [0.3, 0.4) is 0 Å². The van der Waals surface area contributed by atoms with Crippen molar-refractivity contribution in [3.8, 4) is 61.8 Å². The minimum absolute atomic E-state index is 0.681. The average molecular weight is 2020 g/mol. The highest BCUT2D eigenvalue weighted by Crippen LogP contribution is 2.41. The van der Waals surface area contributed by atoms with Gasteiger partial charge in [0.15, 0.2) is 16.1 Å². The minimum atomic E-state index is -3.27. The highest BCUT2D eigenvalue weighted by Gasteiger charge is 2.51. The zero-order valence-electron chi connectivity index (χ0n) is 93.0. The fraction of sp³-hybridized carbons (Fsp3) is 0.511. The predicted molar refractivity (Wildman–Crippen MR) is 649 cm³/mol. The van der Waals surface area contributed by atoms with Crippen LogP contribution in [-0.4, -0.2) is 55.9 Å². The highest BCUT2D eigenvalue weighted by atomic mass is 28.3. The van der Waals surface area contributed by atoms with E-state index in [4.69, 9.17) is 24.2 Å². The number of hydrogen-bond donors (Lipinski definition) is 2. The Labute approximate surface area is 898 Å². The highest BCUT2D eigenvalue weighted by molar-refractivity contribution is 7.23. The SMILES string of the molecule is CCCCCCCCCCCCCCCCCCCCc1ccc([Si]2(c3cc(OCCCCCCCCCCCC)cc(OCCCCCCCCCCCC)c3)c3ccccc3-c3ccc(-c4c5nc(c(C)c6ccc([nH]6)c(-c6ccc7c(c6)[Si](c6ccc(OCCCCCCCCCCCCCCCC)cc6)(c6cccc(CCCCCCCCCC)c6)c6ccccc6-7)c6nc(cc7ccc4[nH]7)C=C6)C=C5)cc32)cc1. The maximum absolute atomic E-state index is 7.16. The van der Waals surface area contributed by atoms with E-state index in [1.54, 1.807) is 0 Å². The van der Waals surface area contributed by atoms with Gasteiger partial charge in [-0.25, -0.2) is 9.97 Å². The lowest BCUT2D eigenvalue weighted by atomic mass is 9.99. The number of fused-ring (bicyclic) bond motifs is 14. The molecule has 11 aromatic rings. The lowest BCUT2D eigenvalue weighted by Gasteiger charge is -2.32. The monoisotopic (exact) mass is 2020 g/mol. The second-order valence-electron chi connectivity index (χ2n) is 44.8. The summed E-state index contributed by atoms with van der Waals surface area (Å²) >= 11 is 0. The van der Waals surface area contributed by atoms with Crippen LogP contribution in [0.1, 0.15) is 459 Å². The van der Waals surface area contributed by atoms with Crippen molar-refractivity contribution in [2.75, 3.05) is 19.8 Å². The van der Waals surface area contributed by atoms with Gasteiger partial charge in [-0.1, -0.05) is 533 Å². The van der Waals surface area contributed by atoms with E-state index in [0.29, 0.717) is 13.2 Å². The summed E-state index contributed by atoms with van der Waals surface area (Å²) in [5.74, 6) is 2.78. The normalized spacial score (nSPS) is 14.3. The van der Waals surface area contributed by atoms with E-state index in [2.05, 4.69) is 282 Å². The van der Waals surface area contributed by atoms with Gasteiger partial charge >= 0.3 is 0 Å². The summed E-state index contributed by atoms with van der Waals surface area (Å²) in [5, 5.41) is 11.2. The molecule has 2 unspecified atom stereocenters. The molecule has 8 aromatic carbocycles. The van der Waals surface area contributed by atoms with E-state index < -0.39 is 16.1 Å². The van der Waals surface area contributed by atoms with Crippen LogP contribution in [-0.2, 0) is 12.8 Å². The van der Waals surface area contributed by atoms with Crippen LogP contribution in [0.15, 0.2) is 206 Å². The standard InChI is InChI=1S/C139H188N4O3Si2/c1-7-12-17-22-27-32-36-38-40-41-42-43-44-46-48-53-57-62-72-111-80-88-120(89-81-111)148(123-108-118(145-101-69-60-55-49-34-29-24-19-14-9-3)107-119(109-123)146-102-70-61-56-50-35-30-25-20-15-10-4)135-79-67-65-77-125(135)127-93-83-114(105-137(127)148)139-131-95-85-116(141-131)106-115-84-94-130(140-115)138(132-98-96-128(142-132)110(6)129-97-99-133(139)143-129)113-82-92-126-124-76-64-66-78-134(124)147(136(126)104-113,122-75-71-74-112(103-122)73-63-58-52-31-26-21-16-11-5)121-90-86-117(87-91-121)144-100-68-59-54-51-47-45-39-37-33-28-23-18-13-8-2/h64-67,71,74-99,103-109,141-142H,7-63,68-70,72-73,100-102H2,1-6H3. The summed E-state index contributed by atoms with van der Waals surface area (Å²) in [6.45, 7) is 15.9. The Bertz CT molecular complexity index is 5990. The molecule has 4 aliphatic rings. The Hall–Kier alpha value is -9.81. The molecular weight excluding hydrogens is 1830 g/mol. The summed E-state index contributed by atoms with van der Waals surface area (Å²) in [7, 11) is -6.33. The Kier molecular flexibility index (Phi) is 47.2. The van der Waals surface area contributed by atoms with Crippen molar-refractivity contribution >= 4 is 104 Å². The van der Waals surface area contributed by atoms with Crippen molar-refractivity contribution in [3.05, 3.63) is 246 Å². The Morgan fingerprint density at radius 3 is 1.03 bits per heavy atom. The van der Waals surface area contributed by atoms with Crippen LogP contribution in [0.5, 0.6) is 17.2 Å². The van der Waals surface area contributed by atoms with E-state index >= 15 is 0 Å². The number of rotatable bonds is 74. The average Bonchev–Trinajstić information content (AvgIpc) is 1.53. The van der Waals surface area contributed by atoms with Gasteiger partial charge in [0, 0.05) is 39.3 Å². The molecule has 790 valence electrons. The third-order valence-corrected chi connectivity index (χ3v) is 43.0. The van der Waals surface area contributed by atoms with Crippen LogP contribution < -0.4 is 55.7 Å². The summed E-state index contributed by atoms with van der Waals surface area (Å²) in [5.41, 5.74) is 21.3. The van der Waals surface area contributed by atoms with Crippen LogP contribution >= 0.6 is 0 Å². The number of hydrogen-bond acceptors (Lipinski definition) is 5. The second-order valence-corrected chi connectivity index (χ2v) is 52.3. The molecule has 4 aliphatic heterocycles. The molecule has 0 aliphatic carbocycles. The molecule has 0 amide bonds. The molecule has 8 bridgehead atoms. The zero-order valence-corrected chi connectivity index (χ0v) is 95.0. The third kappa shape index (κ3) is 31.5. The molecule has 148 heavy (non-hydrogen) atoms. The van der Waals surface area contributed by atoms with Gasteiger partial charge in [-0.3, -0.25) is 0 Å². The van der Waals surface area contributed by atoms with Crippen LogP contribution in [0.4, 0.5) is 0 Å². The molecule has 7 nitrogen and oxygen atoms in total. The number of H-pyrrole nitrogens is 2. The van der Waals surface area contributed by atoms with Crippen molar-refractivity contribution in [2.24, 2.45) is 0 Å². The fourth-order valence-electron chi connectivity index (χ4n) is 24.7. The molecule has 0 fully saturated rings. The largest absolute Gasteiger partial charge is 0.494 e. The first-order valence-corrected chi connectivity index (χ1v) is 65.2. The summed E-state index contributed by atoms with van der Waals surface area (Å²) in [6, 6.07) is 81.7. The van der Waals surface area contributed by atoms with Gasteiger partial charge in [-0.2, -0.15) is 0 Å². The molecule has 0 radical (unpaired) electrons. The number of aromatic amines is 2. The van der Waals surface area contributed by atoms with Crippen molar-refractivity contribution in [1.82, 2.24) is 19.9 Å². The number of nitrogens with zero attached hydrogens (tertiary/aromatic N) is 2. The molecule has 3 aromatic heterocycles. The fourth-order valence-corrected chi connectivity index (χ4v) is 35.2. The maximum atomic E-state index is 7.16. The van der Waals surface area contributed by atoms with Gasteiger partial charge in [0.05, 0.1) is 42.6 Å². The van der Waals surface area contributed by atoms with Crippen molar-refractivity contribution in [1.29, 1.82) is 0 Å². The maximum Gasteiger partial charge on any atom is 0.181 e. The van der Waals surface area contributed by atoms with Crippen molar-refractivity contribution in [3.63, 3.8) is 0 Å². The number of ether oxygens (including phenoxy) is 3. The topological polar surface area (TPSA) is 85.1 Å². The van der Waals surface area contributed by atoms with Gasteiger partial charge in [-0.05, 0) is 222 Å². The van der Waals surface area contributed by atoms with E-state index in [-0.39, 0.29) is 0 Å². The third-order valence-electron chi connectivity index (χ3n) is 33.3. The van der Waals surface area contributed by atoms with Gasteiger partial charge in [0.2, 0.25) is 0 Å². The second kappa shape index (κ2) is 62.2. The lowest BCUT2D eigenvalue weighted by Crippen LogP contribution is -2.72. The molecule has 0 saturated heterocycles. The quantitative estimate of drug-likeness (QED) is 0.0293. The smallest absolute Gasteiger partial charge is 0.181 e. The number of nitrogens with one attached hydrogen (secondary N) is 2. The molecule has 0 spiro atoms. The first kappa shape index (κ1) is 112. The molecule has 2 N–H and O–H groups in total. The summed E-state index contributed by atoms with van der Waals surface area (Å²) < 4.78 is 21.0. The van der Waals surface area contributed by atoms with Crippen LogP contribution in [0.25, 0.3) is 90.9 Å². The van der Waals surface area contributed by atoms with Crippen LogP contribution in [0, 0.1) is 6.92 Å². The Morgan fingerprint density at radius 1 is 0.230 bits per heavy atom. The van der Waals surface area contributed by atoms with Gasteiger partial charge in [0.1, 0.15) is 17.2 Å². The van der Waals surface area contributed by atoms with Gasteiger partial charge < -0.3 is 24.2 Å². The number of unbranched alkanes of at least 4 members (excludes halogenated alkanes) is 55. The van der Waals surface area contributed by atoms with Crippen molar-refractivity contribution < 1.29 is 14.2 Å². The predicted octanol–water partition coefficient (Wildman–Crippen LogP) is 36.7. The van der Waals surface area contributed by atoms with Crippen molar-refractivity contribution in [2.45, 2.75) is 440 Å². The minimum Gasteiger partial charge on any atom is -0.494 e. The number of aromatic nitrogens is 4. The molecule has 0 saturated carbocycles. The van der Waals surface area contributed by atoms with Gasteiger partial charge in [-0.15, -0.1) is 0 Å². The van der Waals surface area contributed by atoms with Gasteiger partial charge in [0.25, 0.3) is 0 Å². The molecule has 15 rings (SSSR count). The summed E-state index contributed by atoms with van der Waals surface area (Å²) in [6.07, 6.45) is 91.1. The van der Waals surface area contributed by atoms with E-state index in [1.807, 2.05) is 0 Å². The Morgan fingerprint density at radius 2 is 0.581 bits per heavy atom. The van der Waals surface area contributed by atoms with E-state index in [9.17, 15) is 0 Å². The van der Waals surface area contributed by atoms with Crippen LogP contribution in [0.2, 0.25) is 0 Å². The first-order valence-electron chi connectivity index (χ1n) is 61.2. The number of benzene rings is 8. The molecule has 9 heteroatoms. The molecular formula is C139H188N4O3Si2.